The van der Waals surface area contributed by atoms with Gasteiger partial charge in [0, 0.05) is 38.2 Å². The van der Waals surface area contributed by atoms with E-state index in [1.165, 1.54) is 99.5 Å². The summed E-state index contributed by atoms with van der Waals surface area (Å²) in [5, 5.41) is 5.12. The van der Waals surface area contributed by atoms with Crippen molar-refractivity contribution in [1.82, 2.24) is 9.13 Å². The Labute approximate surface area is 284 Å². The predicted octanol–water partition coefficient (Wildman–Crippen LogP) is 12.7. The molecule has 1 aliphatic heterocycles. The fourth-order valence-corrected chi connectivity index (χ4v) is 8.87. The predicted molar refractivity (Wildman–Crippen MR) is 207 cm³/mol. The minimum Gasteiger partial charge on any atom is -0.309 e. The number of hydrogen-bond acceptors (Lipinski definition) is 0. The topological polar surface area (TPSA) is 9.86 Å². The number of nitrogens with zero attached hydrogens (tertiary/aromatic N) is 2. The quantitative estimate of drug-likeness (QED) is 0.181. The van der Waals surface area contributed by atoms with Crippen LogP contribution in [0.15, 0.2) is 152 Å². The highest BCUT2D eigenvalue weighted by Gasteiger charge is 2.25. The summed E-state index contributed by atoms with van der Waals surface area (Å²) in [7, 11) is 0. The summed E-state index contributed by atoms with van der Waals surface area (Å²) in [4.78, 5) is 0. The van der Waals surface area contributed by atoms with Crippen LogP contribution >= 0.6 is 0 Å². The Kier molecular flexibility index (Phi) is 5.46. The van der Waals surface area contributed by atoms with Crippen LogP contribution in [0.2, 0.25) is 0 Å². The summed E-state index contributed by atoms with van der Waals surface area (Å²) >= 11 is 0. The van der Waals surface area contributed by atoms with Crippen LogP contribution < -0.4 is 0 Å². The first-order valence-electron chi connectivity index (χ1n) is 17.3. The second-order valence-corrected chi connectivity index (χ2v) is 13.7. The zero-order chi connectivity index (χ0) is 32.2. The van der Waals surface area contributed by atoms with Crippen LogP contribution in [0, 0.1) is 0 Å². The second-order valence-electron chi connectivity index (χ2n) is 13.7. The third-order valence-corrected chi connectivity index (χ3v) is 11.1. The summed E-state index contributed by atoms with van der Waals surface area (Å²) in [6.45, 7) is 2.34. The Morgan fingerprint density at radius 1 is 0.469 bits per heavy atom. The smallest absolute Gasteiger partial charge is 0.0620 e. The lowest BCUT2D eigenvalue weighted by Gasteiger charge is -2.22. The van der Waals surface area contributed by atoms with Gasteiger partial charge in [0.05, 0.1) is 33.4 Å². The van der Waals surface area contributed by atoms with Gasteiger partial charge in [0.15, 0.2) is 0 Å². The highest BCUT2D eigenvalue weighted by atomic mass is 15.0. The van der Waals surface area contributed by atoms with Crippen LogP contribution in [0.3, 0.4) is 0 Å². The van der Waals surface area contributed by atoms with E-state index in [9.17, 15) is 0 Å². The molecule has 1 unspecified atom stereocenters. The minimum absolute atomic E-state index is 0.517. The van der Waals surface area contributed by atoms with Gasteiger partial charge in [-0.25, -0.2) is 0 Å². The molecule has 0 bridgehead atoms. The summed E-state index contributed by atoms with van der Waals surface area (Å²) in [6.07, 6.45) is 5.76. The van der Waals surface area contributed by atoms with Gasteiger partial charge in [-0.3, -0.25) is 0 Å². The summed E-state index contributed by atoms with van der Waals surface area (Å²) < 4.78 is 4.97. The van der Waals surface area contributed by atoms with E-state index < -0.39 is 0 Å². The van der Waals surface area contributed by atoms with Crippen molar-refractivity contribution in [2.24, 2.45) is 0 Å². The molecule has 0 saturated carbocycles. The average Bonchev–Trinajstić information content (AvgIpc) is 3.63. The summed E-state index contributed by atoms with van der Waals surface area (Å²) in [5.74, 6) is 0.517. The molecule has 1 atom stereocenters. The maximum Gasteiger partial charge on any atom is 0.0620 e. The van der Waals surface area contributed by atoms with Crippen LogP contribution in [0.1, 0.15) is 30.4 Å². The standard InChI is InChI=1S/C47H32N2/c1-29-12-10-19-35-32(29)18-11-23-43(35)48-42-20-7-5-16-37(42)39-26-30(24-25-46(39)48)31-27-40-34-14-3-2-13-33(34)36-15-4-8-21-44(36)49-45-22-9-6-17-38(45)41(28-31)47(40)49/h2-11,13-29H,12H2,1H3. The van der Waals surface area contributed by atoms with Gasteiger partial charge in [0.25, 0.3) is 0 Å². The van der Waals surface area contributed by atoms with Crippen molar-refractivity contribution in [2.45, 2.75) is 19.3 Å². The van der Waals surface area contributed by atoms with Crippen molar-refractivity contribution in [3.05, 3.63) is 163 Å². The van der Waals surface area contributed by atoms with Crippen LogP contribution in [0.5, 0.6) is 0 Å². The number of aromatic nitrogens is 2. The third-order valence-electron chi connectivity index (χ3n) is 11.1. The number of fused-ring (bicyclic) bond motifs is 12. The number of rotatable bonds is 2. The molecular weight excluding hydrogens is 593 g/mol. The largest absolute Gasteiger partial charge is 0.309 e. The highest BCUT2D eigenvalue weighted by molar-refractivity contribution is 6.18. The molecule has 2 aliphatic rings. The molecule has 0 radical (unpaired) electrons. The molecule has 0 saturated heterocycles. The molecule has 2 heteroatoms. The molecule has 2 nitrogen and oxygen atoms in total. The van der Waals surface area contributed by atoms with Gasteiger partial charge in [0.2, 0.25) is 0 Å². The molecule has 1 aliphatic carbocycles. The SMILES string of the molecule is CC1CC=Cc2c1cccc2-n1c2ccccc2c2cc(-c3cc4c5c(c3)c3ccccc3n5-c3ccccc3-c3ccccc3-4)ccc21. The van der Waals surface area contributed by atoms with E-state index in [1.807, 2.05) is 0 Å². The fourth-order valence-electron chi connectivity index (χ4n) is 8.87. The molecule has 0 fully saturated rings. The Morgan fingerprint density at radius 3 is 1.94 bits per heavy atom. The van der Waals surface area contributed by atoms with Gasteiger partial charge in [0.1, 0.15) is 0 Å². The Balaban J connectivity index is 1.21. The van der Waals surface area contributed by atoms with E-state index in [-0.39, 0.29) is 0 Å². The lowest BCUT2D eigenvalue weighted by molar-refractivity contribution is 0.770. The zero-order valence-electron chi connectivity index (χ0n) is 27.2. The maximum atomic E-state index is 2.49. The van der Waals surface area contributed by atoms with Gasteiger partial charge in [-0.1, -0.05) is 116 Å². The van der Waals surface area contributed by atoms with Gasteiger partial charge < -0.3 is 9.13 Å². The lowest BCUT2D eigenvalue weighted by Crippen LogP contribution is -2.05. The van der Waals surface area contributed by atoms with E-state index in [1.54, 1.807) is 0 Å². The van der Waals surface area contributed by atoms with E-state index in [0.29, 0.717) is 5.92 Å². The molecule has 230 valence electrons. The van der Waals surface area contributed by atoms with Crippen molar-refractivity contribution < 1.29 is 0 Å². The first kappa shape index (κ1) is 26.9. The molecule has 9 aromatic rings. The van der Waals surface area contributed by atoms with E-state index in [0.717, 1.165) is 6.42 Å². The molecule has 2 aromatic heterocycles. The van der Waals surface area contributed by atoms with Crippen LogP contribution in [0.4, 0.5) is 0 Å². The van der Waals surface area contributed by atoms with Gasteiger partial charge in [-0.05, 0) is 88.7 Å². The number of benzene rings is 7. The fraction of sp³-hybridized carbons (Fsp3) is 0.0638. The highest BCUT2D eigenvalue weighted by Crippen LogP contribution is 2.48. The molecule has 7 aromatic carbocycles. The molecule has 49 heavy (non-hydrogen) atoms. The molecule has 0 spiro atoms. The minimum atomic E-state index is 0.517. The Hall–Kier alpha value is -6.12. The van der Waals surface area contributed by atoms with E-state index >= 15 is 0 Å². The zero-order valence-corrected chi connectivity index (χ0v) is 27.2. The number of hydrogen-bond donors (Lipinski definition) is 0. The normalized spacial score (nSPS) is 14.7. The lowest BCUT2D eigenvalue weighted by atomic mass is 9.87. The summed E-state index contributed by atoms with van der Waals surface area (Å²) in [5.41, 5.74) is 17.8. The Bertz CT molecular complexity index is 2880. The molecular formula is C47H32N2. The first-order valence-corrected chi connectivity index (χ1v) is 17.3. The number of allylic oxidation sites excluding steroid dienone is 1. The van der Waals surface area contributed by atoms with Crippen molar-refractivity contribution in [3.8, 4) is 44.8 Å². The molecule has 0 amide bonds. The van der Waals surface area contributed by atoms with E-state index in [4.69, 9.17) is 0 Å². The van der Waals surface area contributed by atoms with Gasteiger partial charge in [-0.2, -0.15) is 0 Å². The molecule has 0 N–H and O–H groups in total. The van der Waals surface area contributed by atoms with Crippen LogP contribution in [0.25, 0.3) is 94.4 Å². The van der Waals surface area contributed by atoms with Crippen molar-refractivity contribution in [3.63, 3.8) is 0 Å². The monoisotopic (exact) mass is 624 g/mol. The van der Waals surface area contributed by atoms with Crippen molar-refractivity contribution in [2.75, 3.05) is 0 Å². The van der Waals surface area contributed by atoms with Crippen LogP contribution in [-0.4, -0.2) is 9.13 Å². The van der Waals surface area contributed by atoms with Crippen molar-refractivity contribution in [1.29, 1.82) is 0 Å². The number of para-hydroxylation sites is 3. The molecule has 11 rings (SSSR count). The van der Waals surface area contributed by atoms with Gasteiger partial charge in [-0.15, -0.1) is 0 Å². The van der Waals surface area contributed by atoms with E-state index in [2.05, 4.69) is 174 Å². The maximum absolute atomic E-state index is 2.49. The first-order chi connectivity index (χ1) is 24.2. The second kappa shape index (κ2) is 9.95. The van der Waals surface area contributed by atoms with Crippen molar-refractivity contribution >= 4 is 49.7 Å². The summed E-state index contributed by atoms with van der Waals surface area (Å²) in [6, 6.07) is 54.3. The third kappa shape index (κ3) is 3.66. The Morgan fingerprint density at radius 2 is 1.10 bits per heavy atom. The molecule has 3 heterocycles. The van der Waals surface area contributed by atoms with Gasteiger partial charge >= 0.3 is 0 Å². The average molecular weight is 625 g/mol. The van der Waals surface area contributed by atoms with Crippen LogP contribution in [-0.2, 0) is 0 Å².